The van der Waals surface area contributed by atoms with Crippen LogP contribution in [0.25, 0.3) is 0 Å². The number of rotatable bonds is 1. The van der Waals surface area contributed by atoms with Crippen molar-refractivity contribution in [2.75, 3.05) is 0 Å². The van der Waals surface area contributed by atoms with Crippen LogP contribution in [0.1, 0.15) is 29.4 Å². The van der Waals surface area contributed by atoms with Crippen LogP contribution in [0, 0.1) is 13.8 Å². The minimum absolute atomic E-state index is 0.0850. The van der Waals surface area contributed by atoms with Crippen LogP contribution in [0.15, 0.2) is 4.52 Å². The molecule has 1 aromatic heterocycles. The summed E-state index contributed by atoms with van der Waals surface area (Å²) in [6, 6.07) is 0. The first-order valence-corrected chi connectivity index (χ1v) is 4.27. The van der Waals surface area contributed by atoms with E-state index >= 15 is 0 Å². The minimum atomic E-state index is -0.534. The Hall–Kier alpha value is -1.65. The molecule has 0 spiro atoms. The summed E-state index contributed by atoms with van der Waals surface area (Å²) >= 11 is 0. The number of ether oxygens (including phenoxy) is 1. The molecule has 5 heteroatoms. The van der Waals surface area contributed by atoms with Crippen molar-refractivity contribution in [3.8, 4) is 0 Å². The molecule has 1 aliphatic rings. The fourth-order valence-electron chi connectivity index (χ4n) is 1.68. The Morgan fingerprint density at radius 2 is 2.07 bits per heavy atom. The first kappa shape index (κ1) is 8.93. The van der Waals surface area contributed by atoms with Gasteiger partial charge in [-0.25, -0.2) is 0 Å². The van der Waals surface area contributed by atoms with Gasteiger partial charge in [-0.3, -0.25) is 9.59 Å². The highest BCUT2D eigenvalue weighted by molar-refractivity contribution is 5.98. The summed E-state index contributed by atoms with van der Waals surface area (Å²) in [6.07, 6.45) is 0.0850. The zero-order valence-electron chi connectivity index (χ0n) is 7.86. The SMILES string of the molecule is Cc1noc(C)c1C1CC(=O)OC1=O. The Kier molecular flexibility index (Phi) is 1.87. The van der Waals surface area contributed by atoms with E-state index in [1.54, 1.807) is 13.8 Å². The number of esters is 2. The summed E-state index contributed by atoms with van der Waals surface area (Å²) in [6.45, 7) is 3.45. The summed E-state index contributed by atoms with van der Waals surface area (Å²) in [5.41, 5.74) is 1.32. The Morgan fingerprint density at radius 3 is 2.50 bits per heavy atom. The summed E-state index contributed by atoms with van der Waals surface area (Å²) in [4.78, 5) is 22.2. The third kappa shape index (κ3) is 1.21. The van der Waals surface area contributed by atoms with Crippen LogP contribution in [0.5, 0.6) is 0 Å². The summed E-state index contributed by atoms with van der Waals surface area (Å²) < 4.78 is 9.38. The highest BCUT2D eigenvalue weighted by Crippen LogP contribution is 2.31. The van der Waals surface area contributed by atoms with E-state index in [1.807, 2.05) is 0 Å². The predicted octanol–water partition coefficient (Wildman–Crippen LogP) is 0.849. The van der Waals surface area contributed by atoms with E-state index < -0.39 is 17.9 Å². The molecular formula is C9H9NO4. The van der Waals surface area contributed by atoms with Crippen LogP contribution in [0.3, 0.4) is 0 Å². The lowest BCUT2D eigenvalue weighted by atomic mass is 9.96. The van der Waals surface area contributed by atoms with E-state index in [9.17, 15) is 9.59 Å². The monoisotopic (exact) mass is 195 g/mol. The normalized spacial score (nSPS) is 21.4. The largest absolute Gasteiger partial charge is 0.393 e. The van der Waals surface area contributed by atoms with Gasteiger partial charge >= 0.3 is 11.9 Å². The number of nitrogens with zero attached hydrogens (tertiary/aromatic N) is 1. The molecule has 2 heterocycles. The molecule has 0 amide bonds. The highest BCUT2D eigenvalue weighted by atomic mass is 16.6. The van der Waals surface area contributed by atoms with Crippen molar-refractivity contribution in [1.82, 2.24) is 5.16 Å². The molecule has 0 bridgehead atoms. The van der Waals surface area contributed by atoms with Crippen molar-refractivity contribution < 1.29 is 18.8 Å². The lowest BCUT2D eigenvalue weighted by molar-refractivity contribution is -0.152. The van der Waals surface area contributed by atoms with Crippen molar-refractivity contribution >= 4 is 11.9 Å². The van der Waals surface area contributed by atoms with Crippen molar-refractivity contribution in [3.05, 3.63) is 17.0 Å². The molecule has 74 valence electrons. The van der Waals surface area contributed by atoms with Gasteiger partial charge in [0.25, 0.3) is 0 Å². The highest BCUT2D eigenvalue weighted by Gasteiger charge is 2.38. The van der Waals surface area contributed by atoms with E-state index in [-0.39, 0.29) is 6.42 Å². The Morgan fingerprint density at radius 1 is 1.36 bits per heavy atom. The zero-order chi connectivity index (χ0) is 10.3. The number of carbonyl (C=O) groups excluding carboxylic acids is 2. The molecule has 2 rings (SSSR count). The molecule has 14 heavy (non-hydrogen) atoms. The number of hydrogen-bond acceptors (Lipinski definition) is 5. The molecule has 1 unspecified atom stereocenters. The van der Waals surface area contributed by atoms with Gasteiger partial charge in [-0.2, -0.15) is 0 Å². The van der Waals surface area contributed by atoms with Gasteiger partial charge < -0.3 is 9.26 Å². The Balaban J connectivity index is 2.40. The van der Waals surface area contributed by atoms with Crippen LogP contribution < -0.4 is 0 Å². The number of carbonyl (C=O) groups is 2. The van der Waals surface area contributed by atoms with E-state index in [0.717, 1.165) is 0 Å². The average Bonchev–Trinajstić information content (AvgIpc) is 2.57. The first-order chi connectivity index (χ1) is 6.59. The summed E-state index contributed by atoms with van der Waals surface area (Å²) in [5, 5.41) is 3.73. The molecule has 1 aliphatic heterocycles. The summed E-state index contributed by atoms with van der Waals surface area (Å²) in [5.74, 6) is -0.961. The van der Waals surface area contributed by atoms with Gasteiger partial charge in [0.1, 0.15) is 5.76 Å². The molecule has 1 saturated heterocycles. The van der Waals surface area contributed by atoms with Crippen LogP contribution in [0.2, 0.25) is 0 Å². The maximum Gasteiger partial charge on any atom is 0.321 e. The van der Waals surface area contributed by atoms with E-state index in [2.05, 4.69) is 9.89 Å². The van der Waals surface area contributed by atoms with Crippen molar-refractivity contribution in [2.24, 2.45) is 0 Å². The summed E-state index contributed by atoms with van der Waals surface area (Å²) in [7, 11) is 0. The molecular weight excluding hydrogens is 186 g/mol. The predicted molar refractivity (Wildman–Crippen MR) is 44.4 cm³/mol. The van der Waals surface area contributed by atoms with Gasteiger partial charge in [0.15, 0.2) is 0 Å². The minimum Gasteiger partial charge on any atom is -0.393 e. The number of aromatic nitrogens is 1. The van der Waals surface area contributed by atoms with Gasteiger partial charge in [-0.1, -0.05) is 5.16 Å². The molecule has 1 aromatic rings. The van der Waals surface area contributed by atoms with Crippen molar-refractivity contribution in [2.45, 2.75) is 26.2 Å². The molecule has 5 nitrogen and oxygen atoms in total. The van der Waals surface area contributed by atoms with Gasteiger partial charge in [-0.05, 0) is 13.8 Å². The smallest absolute Gasteiger partial charge is 0.321 e. The van der Waals surface area contributed by atoms with Gasteiger partial charge in [0.2, 0.25) is 0 Å². The van der Waals surface area contributed by atoms with Crippen LogP contribution in [0.4, 0.5) is 0 Å². The van der Waals surface area contributed by atoms with E-state index in [0.29, 0.717) is 17.0 Å². The molecule has 0 aliphatic carbocycles. The Labute approximate surface area is 80.0 Å². The number of hydrogen-bond donors (Lipinski definition) is 0. The second-order valence-electron chi connectivity index (χ2n) is 3.29. The molecule has 1 fully saturated rings. The molecule has 1 atom stereocenters. The van der Waals surface area contributed by atoms with Crippen LogP contribution >= 0.6 is 0 Å². The molecule has 0 aromatic carbocycles. The van der Waals surface area contributed by atoms with Gasteiger partial charge in [-0.15, -0.1) is 0 Å². The van der Waals surface area contributed by atoms with E-state index in [4.69, 9.17) is 4.52 Å². The molecule has 0 radical (unpaired) electrons. The van der Waals surface area contributed by atoms with Gasteiger partial charge in [0, 0.05) is 5.56 Å². The average molecular weight is 195 g/mol. The van der Waals surface area contributed by atoms with Crippen LogP contribution in [-0.4, -0.2) is 17.1 Å². The fourth-order valence-corrected chi connectivity index (χ4v) is 1.68. The van der Waals surface area contributed by atoms with Gasteiger partial charge in [0.05, 0.1) is 18.0 Å². The van der Waals surface area contributed by atoms with Crippen LogP contribution in [-0.2, 0) is 14.3 Å². The lowest BCUT2D eigenvalue weighted by Crippen LogP contribution is -2.07. The fraction of sp³-hybridized carbons (Fsp3) is 0.444. The second kappa shape index (κ2) is 2.94. The lowest BCUT2D eigenvalue weighted by Gasteiger charge is -2.01. The van der Waals surface area contributed by atoms with E-state index in [1.165, 1.54) is 0 Å². The topological polar surface area (TPSA) is 69.4 Å². The second-order valence-corrected chi connectivity index (χ2v) is 3.29. The maximum absolute atomic E-state index is 11.3. The standard InChI is InChI=1S/C9H9NO4/c1-4-8(5(2)14-10-4)6-3-7(11)13-9(6)12/h6H,3H2,1-2H3. The van der Waals surface area contributed by atoms with Crippen molar-refractivity contribution in [3.63, 3.8) is 0 Å². The number of aryl methyl sites for hydroxylation is 2. The first-order valence-electron chi connectivity index (χ1n) is 4.27. The maximum atomic E-state index is 11.3. The van der Waals surface area contributed by atoms with Crippen molar-refractivity contribution in [1.29, 1.82) is 0 Å². The third-order valence-electron chi connectivity index (χ3n) is 2.31. The quantitative estimate of drug-likeness (QED) is 0.490. The number of cyclic esters (lactones) is 2. The third-order valence-corrected chi connectivity index (χ3v) is 2.31. The molecule has 0 N–H and O–H groups in total. The Bertz CT molecular complexity index is 387. The zero-order valence-corrected chi connectivity index (χ0v) is 7.86. The molecule has 0 saturated carbocycles.